The second-order valence-electron chi connectivity index (χ2n) is 3.25. The summed E-state index contributed by atoms with van der Waals surface area (Å²) < 4.78 is 5.03. The fourth-order valence-electron chi connectivity index (χ4n) is 1.31. The highest BCUT2D eigenvalue weighted by molar-refractivity contribution is 5.78. The van der Waals surface area contributed by atoms with Gasteiger partial charge >= 0.3 is 0 Å². The quantitative estimate of drug-likeness (QED) is 0.499. The number of nitrogens with two attached hydrogens (primary N) is 1. The van der Waals surface area contributed by atoms with Crippen molar-refractivity contribution in [2.75, 3.05) is 26.8 Å². The Labute approximate surface area is 79.8 Å². The van der Waals surface area contributed by atoms with Crippen molar-refractivity contribution in [3.63, 3.8) is 0 Å². The third-order valence-corrected chi connectivity index (χ3v) is 2.14. The lowest BCUT2D eigenvalue weighted by molar-refractivity contribution is 0.173. The highest BCUT2D eigenvalue weighted by Gasteiger charge is 2.29. The van der Waals surface area contributed by atoms with Crippen molar-refractivity contribution in [3.05, 3.63) is 0 Å². The normalized spacial score (nSPS) is 17.5. The molecule has 0 aromatic heterocycles. The van der Waals surface area contributed by atoms with Crippen LogP contribution in [0.25, 0.3) is 0 Å². The Morgan fingerprint density at radius 1 is 1.62 bits per heavy atom. The zero-order valence-electron chi connectivity index (χ0n) is 8.49. The van der Waals surface area contributed by atoms with Gasteiger partial charge in [0.15, 0.2) is 5.96 Å². The summed E-state index contributed by atoms with van der Waals surface area (Å²) in [6.07, 6.45) is 2.48. The molecule has 2 N–H and O–H groups in total. The summed E-state index contributed by atoms with van der Waals surface area (Å²) >= 11 is 0. The first-order chi connectivity index (χ1) is 6.29. The number of hydrogen-bond acceptors (Lipinski definition) is 2. The lowest BCUT2D eigenvalue weighted by atomic mass is 10.5. The van der Waals surface area contributed by atoms with E-state index in [1.165, 1.54) is 12.8 Å². The maximum Gasteiger partial charge on any atom is 0.191 e. The molecule has 1 saturated carbocycles. The van der Waals surface area contributed by atoms with E-state index < -0.39 is 0 Å². The van der Waals surface area contributed by atoms with E-state index in [1.54, 1.807) is 7.11 Å². The molecule has 4 nitrogen and oxygen atoms in total. The number of ether oxygens (including phenoxy) is 1. The van der Waals surface area contributed by atoms with Crippen LogP contribution in [0.4, 0.5) is 0 Å². The number of aliphatic imine (C=N–C) groups is 1. The van der Waals surface area contributed by atoms with Crippen molar-refractivity contribution in [3.8, 4) is 0 Å². The van der Waals surface area contributed by atoms with Gasteiger partial charge in [-0.15, -0.1) is 0 Å². The predicted molar refractivity (Wildman–Crippen MR) is 53.8 cm³/mol. The van der Waals surface area contributed by atoms with Crippen LogP contribution in [0.5, 0.6) is 0 Å². The van der Waals surface area contributed by atoms with Gasteiger partial charge < -0.3 is 15.4 Å². The minimum absolute atomic E-state index is 0.616. The fourth-order valence-corrected chi connectivity index (χ4v) is 1.31. The first-order valence-electron chi connectivity index (χ1n) is 4.85. The molecule has 0 aliphatic heterocycles. The summed E-state index contributed by atoms with van der Waals surface area (Å²) in [6, 6.07) is 0.616. The number of nitrogens with zero attached hydrogens (tertiary/aromatic N) is 2. The average molecular weight is 185 g/mol. The van der Waals surface area contributed by atoms with E-state index in [1.807, 2.05) is 6.92 Å². The van der Waals surface area contributed by atoms with Gasteiger partial charge in [0.25, 0.3) is 0 Å². The largest absolute Gasteiger partial charge is 0.383 e. The van der Waals surface area contributed by atoms with Crippen LogP contribution in [0.2, 0.25) is 0 Å². The van der Waals surface area contributed by atoms with Crippen LogP contribution in [0.1, 0.15) is 19.8 Å². The summed E-state index contributed by atoms with van der Waals surface area (Å²) in [7, 11) is 1.71. The Balaban J connectivity index is 2.41. The number of guanidine groups is 1. The van der Waals surface area contributed by atoms with Crippen LogP contribution in [0.15, 0.2) is 4.99 Å². The van der Waals surface area contributed by atoms with Crippen molar-refractivity contribution < 1.29 is 4.74 Å². The monoisotopic (exact) mass is 185 g/mol. The maximum atomic E-state index is 5.83. The molecule has 0 bridgehead atoms. The molecule has 0 aromatic carbocycles. The zero-order valence-corrected chi connectivity index (χ0v) is 8.49. The van der Waals surface area contributed by atoms with E-state index in [2.05, 4.69) is 9.89 Å². The van der Waals surface area contributed by atoms with Crippen molar-refractivity contribution in [2.24, 2.45) is 10.7 Å². The molecule has 0 saturated heterocycles. The van der Waals surface area contributed by atoms with Gasteiger partial charge in [0.05, 0.1) is 6.61 Å². The van der Waals surface area contributed by atoms with Crippen LogP contribution in [-0.2, 0) is 4.74 Å². The van der Waals surface area contributed by atoms with Crippen molar-refractivity contribution in [1.29, 1.82) is 0 Å². The van der Waals surface area contributed by atoms with Gasteiger partial charge in [-0.25, -0.2) is 0 Å². The highest BCUT2D eigenvalue weighted by atomic mass is 16.5. The average Bonchev–Trinajstić information content (AvgIpc) is 2.89. The molecule has 0 heterocycles. The Morgan fingerprint density at radius 3 is 2.77 bits per heavy atom. The van der Waals surface area contributed by atoms with Gasteiger partial charge in [-0.05, 0) is 19.8 Å². The van der Waals surface area contributed by atoms with Gasteiger partial charge in [0.2, 0.25) is 0 Å². The summed E-state index contributed by atoms with van der Waals surface area (Å²) in [5, 5.41) is 0. The Hall–Kier alpha value is -0.770. The molecular weight excluding hydrogens is 166 g/mol. The lowest BCUT2D eigenvalue weighted by Crippen LogP contribution is -2.41. The number of methoxy groups -OCH3 is 1. The van der Waals surface area contributed by atoms with Crippen molar-refractivity contribution in [1.82, 2.24) is 4.90 Å². The molecule has 0 spiro atoms. The van der Waals surface area contributed by atoms with Gasteiger partial charge in [0, 0.05) is 26.2 Å². The summed E-state index contributed by atoms with van der Waals surface area (Å²) in [5.74, 6) is 0.669. The summed E-state index contributed by atoms with van der Waals surface area (Å²) in [6.45, 7) is 4.32. The van der Waals surface area contributed by atoms with E-state index in [9.17, 15) is 0 Å². The van der Waals surface area contributed by atoms with Crippen molar-refractivity contribution >= 4 is 5.96 Å². The molecule has 0 amide bonds. The van der Waals surface area contributed by atoms with Crippen molar-refractivity contribution in [2.45, 2.75) is 25.8 Å². The highest BCUT2D eigenvalue weighted by Crippen LogP contribution is 2.26. The van der Waals surface area contributed by atoms with Crippen LogP contribution < -0.4 is 5.73 Å². The topological polar surface area (TPSA) is 50.8 Å². The second-order valence-corrected chi connectivity index (χ2v) is 3.25. The molecule has 1 aliphatic rings. The molecular formula is C9H19N3O. The first kappa shape index (κ1) is 10.3. The maximum absolute atomic E-state index is 5.83. The number of rotatable bonds is 5. The van der Waals surface area contributed by atoms with E-state index in [4.69, 9.17) is 10.5 Å². The van der Waals surface area contributed by atoms with Crippen LogP contribution in [0, 0.1) is 0 Å². The molecule has 1 fully saturated rings. The summed E-state index contributed by atoms with van der Waals surface area (Å²) in [4.78, 5) is 6.35. The smallest absolute Gasteiger partial charge is 0.191 e. The Morgan fingerprint density at radius 2 is 2.31 bits per heavy atom. The third kappa shape index (κ3) is 3.22. The van der Waals surface area contributed by atoms with Crippen LogP contribution >= 0.6 is 0 Å². The fraction of sp³-hybridized carbons (Fsp3) is 0.889. The zero-order chi connectivity index (χ0) is 9.68. The molecule has 4 heteroatoms. The molecule has 1 rings (SSSR count). The lowest BCUT2D eigenvalue weighted by Gasteiger charge is -2.22. The predicted octanol–water partition coefficient (Wildman–Crippen LogP) is 0.432. The molecule has 0 unspecified atom stereocenters. The Kier molecular flexibility index (Phi) is 4.02. The first-order valence-corrected chi connectivity index (χ1v) is 4.85. The third-order valence-electron chi connectivity index (χ3n) is 2.14. The molecule has 0 atom stereocenters. The minimum atomic E-state index is 0.616. The van der Waals surface area contributed by atoms with E-state index in [0.717, 1.165) is 19.7 Å². The Bertz CT molecular complexity index is 178. The van der Waals surface area contributed by atoms with Crippen LogP contribution in [-0.4, -0.2) is 43.7 Å². The molecule has 1 aliphatic carbocycles. The standard InChI is InChI=1S/C9H19N3O/c1-3-11-9(10)12(6-7-13-2)8-4-5-8/h8H,3-7H2,1-2H3,(H2,10,11). The van der Waals surface area contributed by atoms with E-state index >= 15 is 0 Å². The summed E-state index contributed by atoms with van der Waals surface area (Å²) in [5.41, 5.74) is 5.83. The molecule has 13 heavy (non-hydrogen) atoms. The number of hydrogen-bond donors (Lipinski definition) is 1. The minimum Gasteiger partial charge on any atom is -0.383 e. The SMILES string of the molecule is CCN=C(N)N(CCOC)C1CC1. The van der Waals surface area contributed by atoms with Gasteiger partial charge in [-0.1, -0.05) is 0 Å². The van der Waals surface area contributed by atoms with E-state index in [0.29, 0.717) is 12.0 Å². The van der Waals surface area contributed by atoms with Crippen LogP contribution in [0.3, 0.4) is 0 Å². The van der Waals surface area contributed by atoms with Gasteiger partial charge in [0.1, 0.15) is 0 Å². The van der Waals surface area contributed by atoms with Gasteiger partial charge in [-0.3, -0.25) is 4.99 Å². The second kappa shape index (κ2) is 5.07. The molecule has 0 radical (unpaired) electrons. The van der Waals surface area contributed by atoms with Gasteiger partial charge in [-0.2, -0.15) is 0 Å². The molecule has 0 aromatic rings. The molecule has 76 valence electrons. The van der Waals surface area contributed by atoms with E-state index in [-0.39, 0.29) is 0 Å².